The third-order valence-electron chi connectivity index (χ3n) is 5.55. The minimum Gasteiger partial charge on any atom is -0.355 e. The van der Waals surface area contributed by atoms with Gasteiger partial charge >= 0.3 is 0 Å². The Balaban J connectivity index is 1.22. The number of nitrogens with zero attached hydrogens (tertiary/aromatic N) is 3. The van der Waals surface area contributed by atoms with E-state index in [1.54, 1.807) is 6.07 Å². The van der Waals surface area contributed by atoms with Gasteiger partial charge < -0.3 is 15.5 Å². The molecule has 0 spiro atoms. The van der Waals surface area contributed by atoms with Gasteiger partial charge in [0.1, 0.15) is 5.03 Å². The molecule has 0 radical (unpaired) electrons. The second-order valence-electron chi connectivity index (χ2n) is 8.07. The average Bonchev–Trinajstić information content (AvgIpc) is 3.59. The molecule has 2 fully saturated rings. The summed E-state index contributed by atoms with van der Waals surface area (Å²) in [7, 11) is 0. The molecule has 0 bridgehead atoms. The summed E-state index contributed by atoms with van der Waals surface area (Å²) in [4.78, 5) is 26.6. The second-order valence-corrected chi connectivity index (χ2v) is 9.48. The SMILES string of the molecule is Cc1ccc(NC(=O)CSc2ccc(N3CCC(C(=O)NC4CC4)CC3)nn2)cc1Cl. The van der Waals surface area contributed by atoms with E-state index >= 15 is 0 Å². The third-order valence-corrected chi connectivity index (χ3v) is 6.87. The number of anilines is 2. The molecule has 4 rings (SSSR count). The molecule has 164 valence electrons. The zero-order chi connectivity index (χ0) is 21.8. The van der Waals surface area contributed by atoms with Gasteiger partial charge in [-0.2, -0.15) is 0 Å². The lowest BCUT2D eigenvalue weighted by atomic mass is 9.96. The van der Waals surface area contributed by atoms with Crippen molar-refractivity contribution in [2.75, 3.05) is 29.1 Å². The fraction of sp³-hybridized carbons (Fsp3) is 0.455. The van der Waals surface area contributed by atoms with Crippen LogP contribution in [0.25, 0.3) is 0 Å². The molecule has 1 saturated carbocycles. The highest BCUT2D eigenvalue weighted by Crippen LogP contribution is 2.25. The fourth-order valence-electron chi connectivity index (χ4n) is 3.48. The van der Waals surface area contributed by atoms with E-state index in [1.807, 2.05) is 31.2 Å². The van der Waals surface area contributed by atoms with Gasteiger partial charge in [0.25, 0.3) is 0 Å². The summed E-state index contributed by atoms with van der Waals surface area (Å²) in [6, 6.07) is 9.67. The Bertz CT molecular complexity index is 943. The number of hydrogen-bond acceptors (Lipinski definition) is 6. The minimum atomic E-state index is -0.123. The summed E-state index contributed by atoms with van der Waals surface area (Å²) in [6.07, 6.45) is 3.90. The fourth-order valence-corrected chi connectivity index (χ4v) is 4.28. The summed E-state index contributed by atoms with van der Waals surface area (Å²) >= 11 is 7.43. The molecule has 2 amide bonds. The number of aryl methyl sites for hydroxylation is 1. The van der Waals surface area contributed by atoms with E-state index in [9.17, 15) is 9.59 Å². The van der Waals surface area contributed by atoms with Crippen molar-refractivity contribution < 1.29 is 9.59 Å². The zero-order valence-corrected chi connectivity index (χ0v) is 19.0. The van der Waals surface area contributed by atoms with Crippen LogP contribution in [0.3, 0.4) is 0 Å². The molecular formula is C22H26ClN5O2S. The molecule has 2 heterocycles. The van der Waals surface area contributed by atoms with Crippen LogP contribution >= 0.6 is 23.4 Å². The summed E-state index contributed by atoms with van der Waals surface area (Å²) in [5, 5.41) is 15.8. The van der Waals surface area contributed by atoms with Crippen molar-refractivity contribution in [3.8, 4) is 0 Å². The van der Waals surface area contributed by atoms with Crippen LogP contribution in [0.2, 0.25) is 5.02 Å². The standard InChI is InChI=1S/C22H26ClN5O2S/c1-14-2-3-17(12-18(14)23)24-20(29)13-31-21-7-6-19(26-27-21)28-10-8-15(9-11-28)22(30)25-16-4-5-16/h2-3,6-7,12,15-16H,4-5,8-11,13H2,1H3,(H,24,29)(H,25,30). The van der Waals surface area contributed by atoms with E-state index in [1.165, 1.54) is 11.8 Å². The number of hydrogen-bond donors (Lipinski definition) is 2. The highest BCUT2D eigenvalue weighted by molar-refractivity contribution is 7.99. The van der Waals surface area contributed by atoms with Crippen LogP contribution in [0.1, 0.15) is 31.2 Å². The van der Waals surface area contributed by atoms with Gasteiger partial charge in [-0.3, -0.25) is 9.59 Å². The van der Waals surface area contributed by atoms with Gasteiger partial charge in [-0.25, -0.2) is 0 Å². The highest BCUT2D eigenvalue weighted by atomic mass is 35.5. The van der Waals surface area contributed by atoms with E-state index in [-0.39, 0.29) is 23.5 Å². The first-order valence-electron chi connectivity index (χ1n) is 10.6. The third kappa shape index (κ3) is 6.11. The molecule has 0 unspecified atom stereocenters. The molecule has 31 heavy (non-hydrogen) atoms. The number of rotatable bonds is 7. The molecular weight excluding hydrogens is 434 g/mol. The summed E-state index contributed by atoms with van der Waals surface area (Å²) < 4.78 is 0. The molecule has 1 aromatic carbocycles. The number of carbonyl (C=O) groups excluding carboxylic acids is 2. The Labute approximate surface area is 191 Å². The molecule has 2 aromatic rings. The lowest BCUT2D eigenvalue weighted by Gasteiger charge is -2.31. The van der Waals surface area contributed by atoms with Crippen molar-refractivity contribution in [1.29, 1.82) is 0 Å². The molecule has 1 aromatic heterocycles. The molecule has 1 saturated heterocycles. The highest BCUT2D eigenvalue weighted by Gasteiger charge is 2.30. The first kappa shape index (κ1) is 21.9. The van der Waals surface area contributed by atoms with Gasteiger partial charge in [-0.15, -0.1) is 10.2 Å². The van der Waals surface area contributed by atoms with Crippen LogP contribution in [0.4, 0.5) is 11.5 Å². The van der Waals surface area contributed by atoms with Gasteiger partial charge in [-0.05, 0) is 62.4 Å². The van der Waals surface area contributed by atoms with Crippen molar-refractivity contribution in [1.82, 2.24) is 15.5 Å². The van der Waals surface area contributed by atoms with E-state index < -0.39 is 0 Å². The lowest BCUT2D eigenvalue weighted by Crippen LogP contribution is -2.41. The van der Waals surface area contributed by atoms with E-state index in [0.717, 1.165) is 50.2 Å². The van der Waals surface area contributed by atoms with Crippen molar-refractivity contribution in [2.24, 2.45) is 5.92 Å². The molecule has 2 aliphatic rings. The number of benzene rings is 1. The van der Waals surface area contributed by atoms with Gasteiger partial charge in [0.05, 0.1) is 5.75 Å². The summed E-state index contributed by atoms with van der Waals surface area (Å²) in [6.45, 7) is 3.51. The molecule has 1 aliphatic heterocycles. The van der Waals surface area contributed by atoms with Crippen LogP contribution in [0.5, 0.6) is 0 Å². The number of piperidine rings is 1. The van der Waals surface area contributed by atoms with E-state index in [4.69, 9.17) is 11.6 Å². The monoisotopic (exact) mass is 459 g/mol. The van der Waals surface area contributed by atoms with Crippen molar-refractivity contribution in [3.63, 3.8) is 0 Å². The number of amides is 2. The van der Waals surface area contributed by atoms with Crippen LogP contribution in [0.15, 0.2) is 35.4 Å². The topological polar surface area (TPSA) is 87.2 Å². The quantitative estimate of drug-likeness (QED) is 0.614. The van der Waals surface area contributed by atoms with Crippen LogP contribution in [0, 0.1) is 12.8 Å². The van der Waals surface area contributed by atoms with Crippen molar-refractivity contribution >= 4 is 46.7 Å². The number of aromatic nitrogens is 2. The van der Waals surface area contributed by atoms with Gasteiger partial charge in [0, 0.05) is 35.8 Å². The summed E-state index contributed by atoms with van der Waals surface area (Å²) in [5.74, 6) is 1.22. The normalized spacial score (nSPS) is 16.8. The van der Waals surface area contributed by atoms with E-state index in [2.05, 4.69) is 25.7 Å². The molecule has 9 heteroatoms. The Morgan fingerprint density at radius 2 is 1.90 bits per heavy atom. The molecule has 2 N–H and O–H groups in total. The lowest BCUT2D eigenvalue weighted by molar-refractivity contribution is -0.125. The average molecular weight is 460 g/mol. The Morgan fingerprint density at radius 1 is 1.13 bits per heavy atom. The molecule has 0 atom stereocenters. The number of halogens is 1. The molecule has 1 aliphatic carbocycles. The Hall–Kier alpha value is -2.32. The van der Waals surface area contributed by atoms with Crippen molar-refractivity contribution in [3.05, 3.63) is 40.9 Å². The first-order chi connectivity index (χ1) is 15.0. The Kier molecular flexibility index (Phi) is 6.97. The summed E-state index contributed by atoms with van der Waals surface area (Å²) in [5.41, 5.74) is 1.65. The van der Waals surface area contributed by atoms with Gasteiger partial charge in [0.2, 0.25) is 11.8 Å². The van der Waals surface area contributed by atoms with Crippen LogP contribution < -0.4 is 15.5 Å². The van der Waals surface area contributed by atoms with Crippen LogP contribution in [-0.2, 0) is 9.59 Å². The van der Waals surface area contributed by atoms with E-state index in [0.29, 0.717) is 21.8 Å². The first-order valence-corrected chi connectivity index (χ1v) is 11.9. The predicted octanol–water partition coefficient (Wildman–Crippen LogP) is 3.66. The minimum absolute atomic E-state index is 0.0987. The van der Waals surface area contributed by atoms with Crippen LogP contribution in [-0.4, -0.2) is 46.9 Å². The number of thioether (sulfide) groups is 1. The largest absolute Gasteiger partial charge is 0.355 e. The van der Waals surface area contributed by atoms with Gasteiger partial charge in [0.15, 0.2) is 5.82 Å². The smallest absolute Gasteiger partial charge is 0.234 e. The Morgan fingerprint density at radius 3 is 2.55 bits per heavy atom. The number of carbonyl (C=O) groups is 2. The predicted molar refractivity (Wildman–Crippen MR) is 124 cm³/mol. The van der Waals surface area contributed by atoms with Gasteiger partial charge in [-0.1, -0.05) is 29.4 Å². The zero-order valence-electron chi connectivity index (χ0n) is 17.4. The van der Waals surface area contributed by atoms with Crippen molar-refractivity contribution in [2.45, 2.75) is 43.7 Å². The maximum atomic E-state index is 12.2. The number of nitrogens with one attached hydrogen (secondary N) is 2. The molecule has 7 nitrogen and oxygen atoms in total. The maximum absolute atomic E-state index is 12.2. The second kappa shape index (κ2) is 9.87. The maximum Gasteiger partial charge on any atom is 0.234 e.